The molecule has 0 saturated heterocycles. The SMILES string of the molecule is COCCOCn1cc(SC(N)=O)c2cncnc21. The highest BCUT2D eigenvalue weighted by Gasteiger charge is 2.12. The van der Waals surface area contributed by atoms with Crippen molar-refractivity contribution in [1.29, 1.82) is 0 Å². The Labute approximate surface area is 114 Å². The van der Waals surface area contributed by atoms with Gasteiger partial charge in [-0.05, 0) is 11.8 Å². The Morgan fingerprint density at radius 1 is 1.53 bits per heavy atom. The van der Waals surface area contributed by atoms with Gasteiger partial charge in [0.25, 0.3) is 5.24 Å². The molecule has 0 aliphatic heterocycles. The predicted octanol–water partition coefficient (Wildman–Crippen LogP) is 1.22. The van der Waals surface area contributed by atoms with Crippen LogP contribution in [-0.2, 0) is 16.2 Å². The first-order valence-corrected chi connectivity index (χ1v) is 6.37. The number of ether oxygens (including phenoxy) is 2. The van der Waals surface area contributed by atoms with Crippen LogP contribution in [-0.4, -0.2) is 40.1 Å². The van der Waals surface area contributed by atoms with Crippen LogP contribution in [0.5, 0.6) is 0 Å². The van der Waals surface area contributed by atoms with Crippen molar-refractivity contribution in [2.24, 2.45) is 5.73 Å². The van der Waals surface area contributed by atoms with Crippen molar-refractivity contribution in [3.05, 3.63) is 18.7 Å². The van der Waals surface area contributed by atoms with Crippen molar-refractivity contribution in [2.75, 3.05) is 20.3 Å². The molecule has 0 aliphatic rings. The van der Waals surface area contributed by atoms with Crippen molar-refractivity contribution in [3.63, 3.8) is 0 Å². The summed E-state index contributed by atoms with van der Waals surface area (Å²) >= 11 is 0.950. The maximum absolute atomic E-state index is 11.0. The average Bonchev–Trinajstić information content (AvgIpc) is 2.73. The van der Waals surface area contributed by atoms with E-state index in [1.165, 1.54) is 6.33 Å². The molecule has 0 bridgehead atoms. The molecule has 102 valence electrons. The van der Waals surface area contributed by atoms with Crippen LogP contribution in [0.2, 0.25) is 0 Å². The molecule has 2 N–H and O–H groups in total. The molecule has 2 aromatic heterocycles. The Kier molecular flexibility index (Phi) is 4.72. The summed E-state index contributed by atoms with van der Waals surface area (Å²) in [5.74, 6) is 0. The Hall–Kier alpha value is -1.64. The van der Waals surface area contributed by atoms with E-state index >= 15 is 0 Å². The molecule has 0 aliphatic carbocycles. The number of primary amides is 1. The number of amides is 1. The minimum atomic E-state index is -0.469. The summed E-state index contributed by atoms with van der Waals surface area (Å²) in [5.41, 5.74) is 5.90. The second-order valence-corrected chi connectivity index (χ2v) is 4.72. The molecule has 0 unspecified atom stereocenters. The van der Waals surface area contributed by atoms with E-state index in [0.717, 1.165) is 22.0 Å². The van der Waals surface area contributed by atoms with Crippen molar-refractivity contribution < 1.29 is 14.3 Å². The fourth-order valence-electron chi connectivity index (χ4n) is 1.59. The van der Waals surface area contributed by atoms with Gasteiger partial charge < -0.3 is 19.8 Å². The van der Waals surface area contributed by atoms with Gasteiger partial charge in [0.15, 0.2) is 0 Å². The van der Waals surface area contributed by atoms with Crippen molar-refractivity contribution in [3.8, 4) is 0 Å². The Morgan fingerprint density at radius 3 is 3.11 bits per heavy atom. The second kappa shape index (κ2) is 6.50. The maximum Gasteiger partial charge on any atom is 0.281 e. The number of aromatic nitrogens is 3. The Bertz CT molecular complexity index is 572. The van der Waals surface area contributed by atoms with Gasteiger partial charge in [0.2, 0.25) is 0 Å². The Balaban J connectivity index is 2.20. The quantitative estimate of drug-likeness (QED) is 0.632. The van der Waals surface area contributed by atoms with E-state index in [1.807, 2.05) is 0 Å². The normalized spacial score (nSPS) is 11.0. The van der Waals surface area contributed by atoms with Crippen molar-refractivity contribution >= 4 is 28.0 Å². The molecule has 7 nitrogen and oxygen atoms in total. The fourth-order valence-corrected chi connectivity index (χ4v) is 2.24. The highest BCUT2D eigenvalue weighted by molar-refractivity contribution is 8.13. The highest BCUT2D eigenvalue weighted by atomic mass is 32.2. The molecule has 8 heteroatoms. The summed E-state index contributed by atoms with van der Waals surface area (Å²) < 4.78 is 12.1. The number of fused-ring (bicyclic) bond motifs is 1. The van der Waals surface area contributed by atoms with Crippen molar-refractivity contribution in [1.82, 2.24) is 14.5 Å². The lowest BCUT2D eigenvalue weighted by Crippen LogP contribution is -2.06. The number of rotatable bonds is 6. The number of thioether (sulfide) groups is 1. The standard InChI is InChI=1S/C11H14N4O3S/c1-17-2-3-18-7-15-5-9(19-11(12)16)8-4-13-6-14-10(8)15/h4-6H,2-3,7H2,1H3,(H2,12,16). The van der Waals surface area contributed by atoms with Gasteiger partial charge in [-0.3, -0.25) is 4.79 Å². The summed E-state index contributed by atoms with van der Waals surface area (Å²) in [5, 5.41) is 0.310. The summed E-state index contributed by atoms with van der Waals surface area (Å²) in [7, 11) is 1.61. The van der Waals surface area contributed by atoms with Crippen LogP contribution in [0.15, 0.2) is 23.6 Å². The van der Waals surface area contributed by atoms with Gasteiger partial charge in [0.05, 0.1) is 18.6 Å². The molecule has 0 fully saturated rings. The zero-order chi connectivity index (χ0) is 13.7. The molecule has 0 atom stereocenters. The smallest absolute Gasteiger partial charge is 0.281 e. The third kappa shape index (κ3) is 3.43. The molecule has 2 heterocycles. The van der Waals surface area contributed by atoms with E-state index in [9.17, 15) is 4.79 Å². The Morgan fingerprint density at radius 2 is 2.37 bits per heavy atom. The summed E-state index contributed by atoms with van der Waals surface area (Å²) in [6.07, 6.45) is 4.88. The lowest BCUT2D eigenvalue weighted by atomic mass is 10.4. The monoisotopic (exact) mass is 282 g/mol. The van der Waals surface area contributed by atoms with Gasteiger partial charge in [-0.15, -0.1) is 0 Å². The molecular weight excluding hydrogens is 268 g/mol. The average molecular weight is 282 g/mol. The van der Waals surface area contributed by atoms with Gasteiger partial charge >= 0.3 is 0 Å². The van der Waals surface area contributed by atoms with Gasteiger partial charge in [-0.25, -0.2) is 9.97 Å². The van der Waals surface area contributed by atoms with Crippen LogP contribution in [0, 0.1) is 0 Å². The zero-order valence-corrected chi connectivity index (χ0v) is 11.2. The van der Waals surface area contributed by atoms with E-state index < -0.39 is 5.24 Å². The lowest BCUT2D eigenvalue weighted by molar-refractivity contribution is 0.0357. The first-order chi connectivity index (χ1) is 9.22. The summed E-state index contributed by atoms with van der Waals surface area (Å²) in [6, 6.07) is 0. The van der Waals surface area contributed by atoms with Crippen LogP contribution in [0.3, 0.4) is 0 Å². The number of carbonyl (C=O) groups excluding carboxylic acids is 1. The molecule has 0 saturated carbocycles. The van der Waals surface area contributed by atoms with Gasteiger partial charge in [0, 0.05) is 24.4 Å². The van der Waals surface area contributed by atoms with Crippen LogP contribution in [0.25, 0.3) is 11.0 Å². The summed E-state index contributed by atoms with van der Waals surface area (Å²) in [4.78, 5) is 19.9. The van der Waals surface area contributed by atoms with Gasteiger partial charge in [-0.1, -0.05) is 0 Å². The first kappa shape index (κ1) is 13.8. The topological polar surface area (TPSA) is 92.3 Å². The molecule has 0 spiro atoms. The number of carbonyl (C=O) groups is 1. The molecular formula is C11H14N4O3S. The third-order valence-corrected chi connectivity index (χ3v) is 3.12. The number of hydrogen-bond acceptors (Lipinski definition) is 6. The molecule has 1 amide bonds. The fraction of sp³-hybridized carbons (Fsp3) is 0.364. The third-order valence-electron chi connectivity index (χ3n) is 2.37. The molecule has 0 aromatic carbocycles. The minimum absolute atomic E-state index is 0.330. The second-order valence-electron chi connectivity index (χ2n) is 3.67. The zero-order valence-electron chi connectivity index (χ0n) is 10.4. The molecule has 0 radical (unpaired) electrons. The molecule has 2 aromatic rings. The van der Waals surface area contributed by atoms with Crippen LogP contribution in [0.1, 0.15) is 0 Å². The van der Waals surface area contributed by atoms with E-state index in [4.69, 9.17) is 15.2 Å². The van der Waals surface area contributed by atoms with Crippen LogP contribution >= 0.6 is 11.8 Å². The minimum Gasteiger partial charge on any atom is -0.382 e. The molecule has 2 rings (SSSR count). The maximum atomic E-state index is 11.0. The van der Waals surface area contributed by atoms with Crippen molar-refractivity contribution in [2.45, 2.75) is 11.6 Å². The number of hydrogen-bond donors (Lipinski definition) is 1. The van der Waals surface area contributed by atoms with E-state index in [1.54, 1.807) is 24.1 Å². The lowest BCUT2D eigenvalue weighted by Gasteiger charge is -2.05. The predicted molar refractivity (Wildman–Crippen MR) is 70.8 cm³/mol. The molecule has 19 heavy (non-hydrogen) atoms. The van der Waals surface area contributed by atoms with E-state index in [-0.39, 0.29) is 0 Å². The number of nitrogens with zero attached hydrogens (tertiary/aromatic N) is 3. The first-order valence-electron chi connectivity index (χ1n) is 5.55. The largest absolute Gasteiger partial charge is 0.382 e. The number of methoxy groups -OCH3 is 1. The van der Waals surface area contributed by atoms with Crippen LogP contribution < -0.4 is 5.73 Å². The van der Waals surface area contributed by atoms with Crippen LogP contribution in [0.4, 0.5) is 4.79 Å². The van der Waals surface area contributed by atoms with Gasteiger partial charge in [-0.2, -0.15) is 0 Å². The summed E-state index contributed by atoms with van der Waals surface area (Å²) in [6.45, 7) is 1.34. The highest BCUT2D eigenvalue weighted by Crippen LogP contribution is 2.28. The van der Waals surface area contributed by atoms with E-state index in [0.29, 0.717) is 25.6 Å². The van der Waals surface area contributed by atoms with Gasteiger partial charge in [0.1, 0.15) is 18.7 Å². The van der Waals surface area contributed by atoms with E-state index in [2.05, 4.69) is 9.97 Å². The number of nitrogens with two attached hydrogens (primary N) is 1.